The molecule has 0 spiro atoms. The predicted molar refractivity (Wildman–Crippen MR) is 80.4 cm³/mol. The Bertz CT molecular complexity index is 559. The molecule has 3 rings (SSSR count). The van der Waals surface area contributed by atoms with E-state index in [4.69, 9.17) is 10.1 Å². The molecule has 1 atom stereocenters. The summed E-state index contributed by atoms with van der Waals surface area (Å²) in [6, 6.07) is 14.2. The van der Waals surface area contributed by atoms with Gasteiger partial charge in [-0.25, -0.2) is 0 Å². The Kier molecular flexibility index (Phi) is 4.09. The molecular formula is C17H20N2O. The first-order chi connectivity index (χ1) is 9.86. The molecule has 0 aliphatic carbocycles. The maximum atomic E-state index is 9.09. The number of aliphatic hydroxyl groups excluding tert-OH is 1. The van der Waals surface area contributed by atoms with Gasteiger partial charge in [-0.3, -0.25) is 4.98 Å². The van der Waals surface area contributed by atoms with Crippen molar-refractivity contribution in [2.75, 3.05) is 13.1 Å². The lowest BCUT2D eigenvalue weighted by atomic mass is 9.95. The number of nitrogens with zero attached hydrogens (tertiary/aromatic N) is 1. The number of nitrogens with one attached hydrogen (secondary N) is 1. The zero-order valence-electron chi connectivity index (χ0n) is 11.5. The topological polar surface area (TPSA) is 45.1 Å². The highest BCUT2D eigenvalue weighted by atomic mass is 16.3. The molecule has 3 heteroatoms. The lowest BCUT2D eigenvalue weighted by molar-refractivity contribution is 0.282. The Morgan fingerprint density at radius 1 is 1.15 bits per heavy atom. The van der Waals surface area contributed by atoms with Crippen LogP contribution in [-0.4, -0.2) is 23.2 Å². The first kappa shape index (κ1) is 13.3. The largest absolute Gasteiger partial charge is 0.392 e. The molecule has 1 aliphatic rings. The van der Waals surface area contributed by atoms with Crippen molar-refractivity contribution in [1.29, 1.82) is 0 Å². The molecule has 104 valence electrons. The molecule has 1 fully saturated rings. The van der Waals surface area contributed by atoms with E-state index in [1.54, 1.807) is 0 Å². The van der Waals surface area contributed by atoms with E-state index < -0.39 is 0 Å². The van der Waals surface area contributed by atoms with E-state index >= 15 is 0 Å². The fourth-order valence-electron chi connectivity index (χ4n) is 2.72. The van der Waals surface area contributed by atoms with Crippen LogP contribution in [0.2, 0.25) is 0 Å². The van der Waals surface area contributed by atoms with Gasteiger partial charge in [0.25, 0.3) is 0 Å². The minimum Gasteiger partial charge on any atom is -0.392 e. The second-order valence-corrected chi connectivity index (χ2v) is 5.35. The van der Waals surface area contributed by atoms with E-state index in [0.29, 0.717) is 5.92 Å². The van der Waals surface area contributed by atoms with Crippen molar-refractivity contribution in [1.82, 2.24) is 10.3 Å². The summed E-state index contributed by atoms with van der Waals surface area (Å²) in [4.78, 5) is 4.82. The fraction of sp³-hybridized carbons (Fsp3) is 0.353. The molecule has 0 saturated carbocycles. The van der Waals surface area contributed by atoms with Gasteiger partial charge in [-0.1, -0.05) is 30.3 Å². The normalized spacial score (nSPS) is 18.9. The monoisotopic (exact) mass is 268 g/mol. The molecule has 2 N–H and O–H groups in total. The standard InChI is InChI=1S/C17H20N2O/c20-12-13-6-8-14(9-7-13)16-4-1-5-17(19-16)15-3-2-10-18-11-15/h1,4-9,15,18,20H,2-3,10-12H2/t15-/m0/s1. The third-order valence-corrected chi connectivity index (χ3v) is 3.92. The number of hydrogen-bond donors (Lipinski definition) is 2. The molecule has 2 aromatic rings. The number of hydrogen-bond acceptors (Lipinski definition) is 3. The lowest BCUT2D eigenvalue weighted by Gasteiger charge is -2.22. The number of pyridine rings is 1. The van der Waals surface area contributed by atoms with E-state index in [-0.39, 0.29) is 6.61 Å². The SMILES string of the molecule is OCc1ccc(-c2cccc([C@H]3CCCNC3)n2)cc1. The molecule has 1 saturated heterocycles. The Morgan fingerprint density at radius 2 is 2.00 bits per heavy atom. The second kappa shape index (κ2) is 6.16. The van der Waals surface area contributed by atoms with Crippen molar-refractivity contribution >= 4 is 0 Å². The minimum atomic E-state index is 0.0848. The van der Waals surface area contributed by atoms with Gasteiger partial charge in [0.15, 0.2) is 0 Å². The van der Waals surface area contributed by atoms with Gasteiger partial charge >= 0.3 is 0 Å². The van der Waals surface area contributed by atoms with E-state index in [1.165, 1.54) is 18.5 Å². The molecule has 1 aromatic heterocycles. The first-order valence-corrected chi connectivity index (χ1v) is 7.24. The van der Waals surface area contributed by atoms with Crippen LogP contribution in [0.25, 0.3) is 11.3 Å². The maximum Gasteiger partial charge on any atom is 0.0705 e. The highest BCUT2D eigenvalue weighted by molar-refractivity contribution is 5.59. The van der Waals surface area contributed by atoms with Crippen LogP contribution in [0.15, 0.2) is 42.5 Å². The molecule has 1 aliphatic heterocycles. The molecule has 0 unspecified atom stereocenters. The van der Waals surface area contributed by atoms with Crippen molar-refractivity contribution < 1.29 is 5.11 Å². The summed E-state index contributed by atoms with van der Waals surface area (Å²) in [6.45, 7) is 2.24. The van der Waals surface area contributed by atoms with Crippen LogP contribution in [0.5, 0.6) is 0 Å². The summed E-state index contributed by atoms with van der Waals surface area (Å²) >= 11 is 0. The third-order valence-electron chi connectivity index (χ3n) is 3.92. The quantitative estimate of drug-likeness (QED) is 0.899. The molecular weight excluding hydrogens is 248 g/mol. The Balaban J connectivity index is 1.85. The van der Waals surface area contributed by atoms with Crippen LogP contribution in [-0.2, 0) is 6.61 Å². The predicted octanol–water partition coefficient (Wildman–Crippen LogP) is 2.71. The third kappa shape index (κ3) is 2.89. The van der Waals surface area contributed by atoms with Gasteiger partial charge in [0.05, 0.1) is 12.3 Å². The summed E-state index contributed by atoms with van der Waals surface area (Å²) < 4.78 is 0. The summed E-state index contributed by atoms with van der Waals surface area (Å²) in [7, 11) is 0. The van der Waals surface area contributed by atoms with Crippen LogP contribution in [0, 0.1) is 0 Å². The summed E-state index contributed by atoms with van der Waals surface area (Å²) in [5, 5.41) is 12.5. The highest BCUT2D eigenvalue weighted by Crippen LogP contribution is 2.24. The molecule has 0 amide bonds. The van der Waals surface area contributed by atoms with Crippen molar-refractivity contribution in [3.05, 3.63) is 53.7 Å². The van der Waals surface area contributed by atoms with Crippen LogP contribution in [0.3, 0.4) is 0 Å². The maximum absolute atomic E-state index is 9.09. The molecule has 0 bridgehead atoms. The van der Waals surface area contributed by atoms with Crippen LogP contribution in [0.1, 0.15) is 30.0 Å². The van der Waals surface area contributed by atoms with Crippen molar-refractivity contribution in [2.45, 2.75) is 25.4 Å². The average molecular weight is 268 g/mol. The fourth-order valence-corrected chi connectivity index (χ4v) is 2.72. The Hall–Kier alpha value is -1.71. The minimum absolute atomic E-state index is 0.0848. The number of rotatable bonds is 3. The Labute approximate surface area is 119 Å². The molecule has 3 nitrogen and oxygen atoms in total. The first-order valence-electron chi connectivity index (χ1n) is 7.24. The average Bonchev–Trinajstić information content (AvgIpc) is 2.56. The van der Waals surface area contributed by atoms with Gasteiger partial charge in [0.2, 0.25) is 0 Å². The summed E-state index contributed by atoms with van der Waals surface area (Å²) in [5.74, 6) is 0.528. The van der Waals surface area contributed by atoms with Gasteiger partial charge in [0.1, 0.15) is 0 Å². The second-order valence-electron chi connectivity index (χ2n) is 5.35. The smallest absolute Gasteiger partial charge is 0.0705 e. The molecule has 1 aromatic carbocycles. The van der Waals surface area contributed by atoms with E-state index in [2.05, 4.69) is 17.4 Å². The van der Waals surface area contributed by atoms with Gasteiger partial charge in [-0.15, -0.1) is 0 Å². The van der Waals surface area contributed by atoms with E-state index in [0.717, 1.165) is 29.9 Å². The van der Waals surface area contributed by atoms with Gasteiger partial charge < -0.3 is 10.4 Å². The van der Waals surface area contributed by atoms with Gasteiger partial charge in [0, 0.05) is 23.7 Å². The van der Waals surface area contributed by atoms with Crippen molar-refractivity contribution in [2.24, 2.45) is 0 Å². The number of aliphatic hydroxyl groups is 1. The number of aromatic nitrogens is 1. The zero-order chi connectivity index (χ0) is 13.8. The summed E-state index contributed by atoms with van der Waals surface area (Å²) in [5.41, 5.74) is 4.23. The van der Waals surface area contributed by atoms with Gasteiger partial charge in [-0.2, -0.15) is 0 Å². The summed E-state index contributed by atoms with van der Waals surface area (Å²) in [6.07, 6.45) is 2.44. The van der Waals surface area contributed by atoms with Gasteiger partial charge in [-0.05, 0) is 37.1 Å². The highest BCUT2D eigenvalue weighted by Gasteiger charge is 2.16. The lowest BCUT2D eigenvalue weighted by Crippen LogP contribution is -2.28. The number of benzene rings is 1. The van der Waals surface area contributed by atoms with E-state index in [1.807, 2.05) is 30.3 Å². The molecule has 2 heterocycles. The van der Waals surface area contributed by atoms with E-state index in [9.17, 15) is 0 Å². The molecule has 0 radical (unpaired) electrons. The van der Waals surface area contributed by atoms with Crippen LogP contribution < -0.4 is 5.32 Å². The van der Waals surface area contributed by atoms with Crippen molar-refractivity contribution in [3.63, 3.8) is 0 Å². The van der Waals surface area contributed by atoms with Crippen molar-refractivity contribution in [3.8, 4) is 11.3 Å². The number of piperidine rings is 1. The molecule has 20 heavy (non-hydrogen) atoms. The van der Waals surface area contributed by atoms with Crippen LogP contribution in [0.4, 0.5) is 0 Å². The Morgan fingerprint density at radius 3 is 2.70 bits per heavy atom. The van der Waals surface area contributed by atoms with Crippen LogP contribution >= 0.6 is 0 Å². The zero-order valence-corrected chi connectivity index (χ0v) is 11.5.